The van der Waals surface area contributed by atoms with E-state index in [2.05, 4.69) is 14.7 Å². The number of cyclic esters (lactones) is 1. The van der Waals surface area contributed by atoms with E-state index < -0.39 is 0 Å². The molecule has 0 atom stereocenters. The predicted molar refractivity (Wildman–Crippen MR) is 84.3 cm³/mol. The van der Waals surface area contributed by atoms with E-state index in [1.165, 1.54) is 11.5 Å². The molecule has 8 heteroatoms. The zero-order chi connectivity index (χ0) is 15.5. The third-order valence-corrected chi connectivity index (χ3v) is 3.93. The molecule has 116 valence electrons. The lowest BCUT2D eigenvalue weighted by atomic mass is 10.2. The van der Waals surface area contributed by atoms with Crippen LogP contribution in [0, 0.1) is 0 Å². The number of nitrogens with zero attached hydrogens (tertiary/aromatic N) is 3. The molecule has 0 spiro atoms. The highest BCUT2D eigenvalue weighted by atomic mass is 32.1. The zero-order valence-corrected chi connectivity index (χ0v) is 13.1. The molecule has 1 fully saturated rings. The fourth-order valence-electron chi connectivity index (χ4n) is 2.16. The van der Waals surface area contributed by atoms with E-state index in [1.807, 2.05) is 25.1 Å². The highest BCUT2D eigenvalue weighted by molar-refractivity contribution is 7.09. The Morgan fingerprint density at radius 1 is 1.50 bits per heavy atom. The van der Waals surface area contributed by atoms with Gasteiger partial charge in [0.15, 0.2) is 0 Å². The van der Waals surface area contributed by atoms with Crippen LogP contribution in [0.1, 0.15) is 12.7 Å². The summed E-state index contributed by atoms with van der Waals surface area (Å²) < 4.78 is 14.6. The molecule has 0 aliphatic carbocycles. The van der Waals surface area contributed by atoms with Crippen LogP contribution in [0.3, 0.4) is 0 Å². The minimum atomic E-state index is -0.361. The first-order valence-corrected chi connectivity index (χ1v) is 7.70. The van der Waals surface area contributed by atoms with Gasteiger partial charge in [-0.25, -0.2) is 9.78 Å². The second kappa shape index (κ2) is 6.18. The van der Waals surface area contributed by atoms with Crippen LogP contribution < -0.4 is 15.0 Å². The maximum atomic E-state index is 11.8. The standard InChI is InChI=1S/C14H16N4O3S/c1-3-12-16-13(22-17-12)15-9-4-5-11(20-2)10(8-9)18-6-7-21-14(18)19/h4-5,8H,3,6-7H2,1-2H3,(H,15,16,17). The zero-order valence-electron chi connectivity index (χ0n) is 12.3. The Morgan fingerprint density at radius 3 is 3.00 bits per heavy atom. The molecular formula is C14H16N4O3S. The second-order valence-electron chi connectivity index (χ2n) is 4.65. The molecule has 3 rings (SSSR count). The van der Waals surface area contributed by atoms with Gasteiger partial charge in [0.2, 0.25) is 5.13 Å². The third-order valence-electron chi connectivity index (χ3n) is 3.27. The number of hydrogen-bond acceptors (Lipinski definition) is 7. The van der Waals surface area contributed by atoms with Crippen molar-refractivity contribution < 1.29 is 14.3 Å². The van der Waals surface area contributed by atoms with Gasteiger partial charge >= 0.3 is 6.09 Å². The summed E-state index contributed by atoms with van der Waals surface area (Å²) in [6, 6.07) is 5.53. The summed E-state index contributed by atoms with van der Waals surface area (Å²) in [5, 5.41) is 3.92. The summed E-state index contributed by atoms with van der Waals surface area (Å²) in [6.45, 7) is 2.91. The van der Waals surface area contributed by atoms with Gasteiger partial charge in [-0.15, -0.1) is 0 Å². The van der Waals surface area contributed by atoms with Crippen molar-refractivity contribution in [3.8, 4) is 5.75 Å². The average Bonchev–Trinajstić information content (AvgIpc) is 3.16. The SMILES string of the molecule is CCc1nsc(Nc2ccc(OC)c(N3CCOC3=O)c2)n1. The summed E-state index contributed by atoms with van der Waals surface area (Å²) in [6.07, 6.45) is 0.436. The highest BCUT2D eigenvalue weighted by Crippen LogP contribution is 2.34. The normalized spacial score (nSPS) is 14.1. The molecule has 1 aliphatic rings. The van der Waals surface area contributed by atoms with Crippen LogP contribution in [0.4, 0.5) is 21.3 Å². The predicted octanol–water partition coefficient (Wildman–Crippen LogP) is 2.81. The first-order chi connectivity index (χ1) is 10.7. The monoisotopic (exact) mass is 320 g/mol. The van der Waals surface area contributed by atoms with Gasteiger partial charge in [0.25, 0.3) is 0 Å². The summed E-state index contributed by atoms with van der Waals surface area (Å²) >= 11 is 1.31. The number of benzene rings is 1. The number of aromatic nitrogens is 2. The summed E-state index contributed by atoms with van der Waals surface area (Å²) in [5.74, 6) is 1.43. The molecule has 2 aromatic rings. The lowest BCUT2D eigenvalue weighted by Gasteiger charge is -2.17. The molecule has 0 bridgehead atoms. The van der Waals surface area contributed by atoms with Gasteiger partial charge in [0, 0.05) is 23.6 Å². The Kier molecular flexibility index (Phi) is 4.10. The molecule has 0 saturated carbocycles. The van der Waals surface area contributed by atoms with Crippen molar-refractivity contribution in [1.82, 2.24) is 9.36 Å². The van der Waals surface area contributed by atoms with Gasteiger partial charge in [-0.2, -0.15) is 4.37 Å². The van der Waals surface area contributed by atoms with E-state index >= 15 is 0 Å². The molecule has 1 amide bonds. The van der Waals surface area contributed by atoms with Crippen molar-refractivity contribution >= 4 is 34.1 Å². The smallest absolute Gasteiger partial charge is 0.414 e. The first-order valence-electron chi connectivity index (χ1n) is 6.93. The number of rotatable bonds is 5. The fourth-order valence-corrected chi connectivity index (χ4v) is 2.83. The van der Waals surface area contributed by atoms with Crippen LogP contribution in [-0.4, -0.2) is 35.7 Å². The number of carbonyl (C=O) groups is 1. The van der Waals surface area contributed by atoms with Crippen molar-refractivity contribution in [2.75, 3.05) is 30.5 Å². The molecule has 0 unspecified atom stereocenters. The Balaban J connectivity index is 1.87. The number of methoxy groups -OCH3 is 1. The van der Waals surface area contributed by atoms with Crippen LogP contribution in [0.5, 0.6) is 5.75 Å². The van der Waals surface area contributed by atoms with Crippen molar-refractivity contribution in [2.45, 2.75) is 13.3 Å². The summed E-state index contributed by atoms with van der Waals surface area (Å²) in [7, 11) is 1.58. The Hall–Kier alpha value is -2.35. The number of amides is 1. The van der Waals surface area contributed by atoms with Crippen molar-refractivity contribution in [3.63, 3.8) is 0 Å². The molecule has 1 N–H and O–H groups in total. The van der Waals surface area contributed by atoms with Gasteiger partial charge in [-0.05, 0) is 18.2 Å². The molecule has 1 saturated heterocycles. The van der Waals surface area contributed by atoms with Crippen LogP contribution in [0.15, 0.2) is 18.2 Å². The van der Waals surface area contributed by atoms with E-state index in [-0.39, 0.29) is 6.09 Å². The molecular weight excluding hydrogens is 304 g/mol. The first kappa shape index (κ1) is 14.6. The number of nitrogens with one attached hydrogen (secondary N) is 1. The largest absolute Gasteiger partial charge is 0.495 e. The second-order valence-corrected chi connectivity index (χ2v) is 5.40. The van der Waals surface area contributed by atoms with Crippen molar-refractivity contribution in [2.24, 2.45) is 0 Å². The van der Waals surface area contributed by atoms with E-state index in [9.17, 15) is 4.79 Å². The minimum absolute atomic E-state index is 0.361. The highest BCUT2D eigenvalue weighted by Gasteiger charge is 2.26. The number of aryl methyl sites for hydroxylation is 1. The minimum Gasteiger partial charge on any atom is -0.495 e. The van der Waals surface area contributed by atoms with E-state index in [4.69, 9.17) is 9.47 Å². The fraction of sp³-hybridized carbons (Fsp3) is 0.357. The Labute approximate surface area is 132 Å². The van der Waals surface area contributed by atoms with E-state index in [0.29, 0.717) is 24.6 Å². The number of anilines is 3. The van der Waals surface area contributed by atoms with Crippen LogP contribution in [-0.2, 0) is 11.2 Å². The lowest BCUT2D eigenvalue weighted by Crippen LogP contribution is -2.23. The van der Waals surface area contributed by atoms with Gasteiger partial charge in [-0.1, -0.05) is 6.92 Å². The van der Waals surface area contributed by atoms with Gasteiger partial charge in [0.05, 0.1) is 19.3 Å². The van der Waals surface area contributed by atoms with Gasteiger partial charge < -0.3 is 14.8 Å². The molecule has 7 nitrogen and oxygen atoms in total. The lowest BCUT2D eigenvalue weighted by molar-refractivity contribution is 0.181. The van der Waals surface area contributed by atoms with Crippen molar-refractivity contribution in [3.05, 3.63) is 24.0 Å². The van der Waals surface area contributed by atoms with Crippen molar-refractivity contribution in [1.29, 1.82) is 0 Å². The van der Waals surface area contributed by atoms with Crippen LogP contribution in [0.2, 0.25) is 0 Å². The summed E-state index contributed by atoms with van der Waals surface area (Å²) in [4.78, 5) is 17.7. The topological polar surface area (TPSA) is 76.6 Å². The third kappa shape index (κ3) is 2.82. The Morgan fingerprint density at radius 2 is 2.36 bits per heavy atom. The molecule has 0 radical (unpaired) electrons. The molecule has 1 aromatic carbocycles. The van der Waals surface area contributed by atoms with Gasteiger partial charge in [0.1, 0.15) is 18.2 Å². The molecule has 1 aromatic heterocycles. The Bertz CT molecular complexity index is 688. The average molecular weight is 320 g/mol. The molecule has 1 aliphatic heterocycles. The van der Waals surface area contributed by atoms with Gasteiger partial charge in [-0.3, -0.25) is 4.90 Å². The van der Waals surface area contributed by atoms with E-state index in [1.54, 1.807) is 12.0 Å². The van der Waals surface area contributed by atoms with Crippen LogP contribution >= 0.6 is 11.5 Å². The molecule has 2 heterocycles. The number of carbonyl (C=O) groups excluding carboxylic acids is 1. The number of ether oxygens (including phenoxy) is 2. The van der Waals surface area contributed by atoms with E-state index in [0.717, 1.165) is 23.1 Å². The summed E-state index contributed by atoms with van der Waals surface area (Å²) in [5.41, 5.74) is 1.49. The quantitative estimate of drug-likeness (QED) is 0.913. The molecule has 22 heavy (non-hydrogen) atoms. The maximum Gasteiger partial charge on any atom is 0.414 e. The number of hydrogen-bond donors (Lipinski definition) is 1. The van der Waals surface area contributed by atoms with Crippen LogP contribution in [0.25, 0.3) is 0 Å². The maximum absolute atomic E-state index is 11.8.